The second-order valence-electron chi connectivity index (χ2n) is 7.19. The van der Waals surface area contributed by atoms with Crippen molar-refractivity contribution in [1.29, 1.82) is 0 Å². The number of nitrogens with one attached hydrogen (secondary N) is 3. The SMILES string of the molecule is COc1ccc(CN=C(NCCc2c[nH]c3ccccc23)NCC(=O)N(C)C)cc1.I. The van der Waals surface area contributed by atoms with Gasteiger partial charge in [0.05, 0.1) is 20.2 Å². The smallest absolute Gasteiger partial charge is 0.241 e. The van der Waals surface area contributed by atoms with Gasteiger partial charge in [-0.05, 0) is 35.7 Å². The Morgan fingerprint density at radius 3 is 2.55 bits per heavy atom. The number of benzene rings is 2. The number of carbonyl (C=O) groups excluding carboxylic acids is 1. The second-order valence-corrected chi connectivity index (χ2v) is 7.19. The summed E-state index contributed by atoms with van der Waals surface area (Å²) in [4.78, 5) is 21.5. The van der Waals surface area contributed by atoms with Gasteiger partial charge in [-0.25, -0.2) is 4.99 Å². The molecular formula is C23H30IN5O2. The Labute approximate surface area is 200 Å². The molecule has 0 bridgehead atoms. The Morgan fingerprint density at radius 2 is 1.84 bits per heavy atom. The van der Waals surface area contributed by atoms with Crippen LogP contribution in [0, 0.1) is 0 Å². The number of ether oxygens (including phenoxy) is 1. The fourth-order valence-electron chi connectivity index (χ4n) is 3.05. The number of carbonyl (C=O) groups is 1. The summed E-state index contributed by atoms with van der Waals surface area (Å²) in [5.41, 5.74) is 3.44. The predicted octanol–water partition coefficient (Wildman–Crippen LogP) is 3.16. The van der Waals surface area contributed by atoms with Crippen molar-refractivity contribution in [3.63, 3.8) is 0 Å². The lowest BCUT2D eigenvalue weighted by molar-refractivity contribution is -0.127. The normalized spacial score (nSPS) is 11.0. The highest BCUT2D eigenvalue weighted by Gasteiger charge is 2.07. The summed E-state index contributed by atoms with van der Waals surface area (Å²) in [6, 6.07) is 16.1. The molecule has 0 aliphatic rings. The molecule has 0 saturated carbocycles. The highest BCUT2D eigenvalue weighted by Crippen LogP contribution is 2.17. The Balaban J connectivity index is 0.00000341. The van der Waals surface area contributed by atoms with Gasteiger partial charge in [-0.3, -0.25) is 4.79 Å². The lowest BCUT2D eigenvalue weighted by atomic mass is 10.1. The Morgan fingerprint density at radius 1 is 1.10 bits per heavy atom. The first-order valence-corrected chi connectivity index (χ1v) is 9.97. The molecule has 1 aromatic heterocycles. The van der Waals surface area contributed by atoms with Gasteiger partial charge in [-0.2, -0.15) is 0 Å². The minimum atomic E-state index is -0.00873. The molecular weight excluding hydrogens is 505 g/mol. The van der Waals surface area contributed by atoms with Crippen LogP contribution in [-0.4, -0.2) is 56.0 Å². The van der Waals surface area contributed by atoms with Gasteiger partial charge in [0.1, 0.15) is 5.75 Å². The molecule has 166 valence electrons. The molecule has 1 amide bonds. The maximum absolute atomic E-state index is 12.0. The van der Waals surface area contributed by atoms with Gasteiger partial charge in [-0.1, -0.05) is 30.3 Å². The van der Waals surface area contributed by atoms with E-state index in [1.165, 1.54) is 10.9 Å². The minimum Gasteiger partial charge on any atom is -0.497 e. The molecule has 3 aromatic rings. The Bertz CT molecular complexity index is 999. The number of nitrogens with zero attached hydrogens (tertiary/aromatic N) is 2. The van der Waals surface area contributed by atoms with Crippen molar-refractivity contribution in [2.24, 2.45) is 4.99 Å². The first-order chi connectivity index (χ1) is 14.6. The number of aliphatic imine (C=N–C) groups is 1. The van der Waals surface area contributed by atoms with E-state index in [0.717, 1.165) is 23.3 Å². The van der Waals surface area contributed by atoms with Gasteiger partial charge in [-0.15, -0.1) is 24.0 Å². The maximum atomic E-state index is 12.0. The molecule has 0 aliphatic heterocycles. The average Bonchev–Trinajstić information content (AvgIpc) is 3.18. The molecule has 0 spiro atoms. The lowest BCUT2D eigenvalue weighted by Gasteiger charge is -2.15. The van der Waals surface area contributed by atoms with Gasteiger partial charge in [0.15, 0.2) is 5.96 Å². The first kappa shape index (κ1) is 24.5. The molecule has 0 radical (unpaired) electrons. The number of H-pyrrole nitrogens is 1. The Hall–Kier alpha value is -2.75. The highest BCUT2D eigenvalue weighted by atomic mass is 127. The minimum absolute atomic E-state index is 0. The molecule has 2 aromatic carbocycles. The molecule has 0 aliphatic carbocycles. The van der Waals surface area contributed by atoms with E-state index in [-0.39, 0.29) is 36.4 Å². The van der Waals surface area contributed by atoms with Crippen LogP contribution in [-0.2, 0) is 17.8 Å². The van der Waals surface area contributed by atoms with Gasteiger partial charge >= 0.3 is 0 Å². The summed E-state index contributed by atoms with van der Waals surface area (Å²) >= 11 is 0. The number of methoxy groups -OCH3 is 1. The van der Waals surface area contributed by atoms with Crippen LogP contribution < -0.4 is 15.4 Å². The quantitative estimate of drug-likeness (QED) is 0.235. The number of para-hydroxylation sites is 1. The van der Waals surface area contributed by atoms with Crippen LogP contribution >= 0.6 is 24.0 Å². The van der Waals surface area contributed by atoms with E-state index < -0.39 is 0 Å². The summed E-state index contributed by atoms with van der Waals surface area (Å²) in [7, 11) is 5.12. The van der Waals surface area contributed by atoms with Gasteiger partial charge in [0.2, 0.25) is 5.91 Å². The predicted molar refractivity (Wildman–Crippen MR) is 136 cm³/mol. The van der Waals surface area contributed by atoms with Crippen LogP contribution in [0.5, 0.6) is 5.75 Å². The number of halogens is 1. The lowest BCUT2D eigenvalue weighted by Crippen LogP contribution is -2.43. The van der Waals surface area contributed by atoms with E-state index in [1.54, 1.807) is 26.1 Å². The van der Waals surface area contributed by atoms with Gasteiger partial charge in [0.25, 0.3) is 0 Å². The second kappa shape index (κ2) is 12.2. The standard InChI is InChI=1S/C23H29N5O2.HI/c1-28(2)22(29)16-27-23(26-14-17-8-10-19(30-3)11-9-17)24-13-12-18-15-25-21-7-5-4-6-20(18)21;/h4-11,15,25H,12-14,16H2,1-3H3,(H2,24,26,27);1H. The summed E-state index contributed by atoms with van der Waals surface area (Å²) in [5.74, 6) is 1.42. The van der Waals surface area contributed by atoms with E-state index in [2.05, 4.69) is 32.7 Å². The average molecular weight is 535 g/mol. The number of aromatic nitrogens is 1. The number of fused-ring (bicyclic) bond motifs is 1. The molecule has 1 heterocycles. The molecule has 7 nitrogen and oxygen atoms in total. The van der Waals surface area contributed by atoms with Crippen molar-refractivity contribution < 1.29 is 9.53 Å². The zero-order valence-corrected chi connectivity index (χ0v) is 20.5. The molecule has 0 unspecified atom stereocenters. The van der Waals surface area contributed by atoms with Crippen LogP contribution in [0.1, 0.15) is 11.1 Å². The number of aromatic amines is 1. The van der Waals surface area contributed by atoms with E-state index in [9.17, 15) is 4.79 Å². The number of hydrogen-bond donors (Lipinski definition) is 3. The van der Waals surface area contributed by atoms with Crippen molar-refractivity contribution in [3.8, 4) is 5.75 Å². The number of hydrogen-bond acceptors (Lipinski definition) is 3. The van der Waals surface area contributed by atoms with E-state index in [0.29, 0.717) is 19.0 Å². The van der Waals surface area contributed by atoms with Crippen molar-refractivity contribution >= 4 is 46.7 Å². The summed E-state index contributed by atoms with van der Waals surface area (Å²) in [6.07, 6.45) is 2.89. The molecule has 3 rings (SSSR count). The third-order valence-electron chi connectivity index (χ3n) is 4.85. The van der Waals surface area contributed by atoms with Crippen molar-refractivity contribution in [3.05, 3.63) is 65.9 Å². The monoisotopic (exact) mass is 535 g/mol. The van der Waals surface area contributed by atoms with Gasteiger partial charge in [0, 0.05) is 37.7 Å². The van der Waals surface area contributed by atoms with E-state index in [4.69, 9.17) is 4.74 Å². The highest BCUT2D eigenvalue weighted by molar-refractivity contribution is 14.0. The van der Waals surface area contributed by atoms with Crippen molar-refractivity contribution in [2.45, 2.75) is 13.0 Å². The molecule has 0 atom stereocenters. The zero-order valence-electron chi connectivity index (χ0n) is 18.1. The number of rotatable bonds is 8. The topological polar surface area (TPSA) is 81.7 Å². The number of amides is 1. The number of likely N-dealkylation sites (N-methyl/N-ethyl adjacent to an activating group) is 1. The summed E-state index contributed by atoms with van der Waals surface area (Å²) < 4.78 is 5.20. The molecule has 31 heavy (non-hydrogen) atoms. The van der Waals surface area contributed by atoms with Gasteiger partial charge < -0.3 is 25.3 Å². The zero-order chi connectivity index (χ0) is 21.3. The van der Waals surface area contributed by atoms with Crippen LogP contribution in [0.4, 0.5) is 0 Å². The third-order valence-corrected chi connectivity index (χ3v) is 4.85. The van der Waals surface area contributed by atoms with Crippen molar-refractivity contribution in [1.82, 2.24) is 20.5 Å². The summed E-state index contributed by atoms with van der Waals surface area (Å²) in [5, 5.41) is 7.69. The molecule has 0 fully saturated rings. The van der Waals surface area contributed by atoms with Crippen LogP contribution in [0.15, 0.2) is 59.7 Å². The fraction of sp³-hybridized carbons (Fsp3) is 0.304. The Kier molecular flexibility index (Phi) is 9.64. The molecule has 3 N–H and O–H groups in total. The van der Waals surface area contributed by atoms with Crippen LogP contribution in [0.2, 0.25) is 0 Å². The van der Waals surface area contributed by atoms with Crippen LogP contribution in [0.25, 0.3) is 10.9 Å². The van der Waals surface area contributed by atoms with E-state index >= 15 is 0 Å². The third kappa shape index (κ3) is 7.16. The van der Waals surface area contributed by atoms with Crippen molar-refractivity contribution in [2.75, 3.05) is 34.3 Å². The molecule has 0 saturated heterocycles. The fourth-order valence-corrected chi connectivity index (χ4v) is 3.05. The van der Waals surface area contributed by atoms with Crippen LogP contribution in [0.3, 0.4) is 0 Å². The number of guanidine groups is 1. The summed E-state index contributed by atoms with van der Waals surface area (Å²) in [6.45, 7) is 1.39. The van der Waals surface area contributed by atoms with E-state index in [1.807, 2.05) is 42.6 Å². The largest absolute Gasteiger partial charge is 0.497 e. The first-order valence-electron chi connectivity index (χ1n) is 9.97. The molecule has 8 heteroatoms. The maximum Gasteiger partial charge on any atom is 0.241 e.